The van der Waals surface area contributed by atoms with Gasteiger partial charge in [-0.15, -0.1) is 0 Å². The summed E-state index contributed by atoms with van der Waals surface area (Å²) in [7, 11) is 0. The number of carbonyl (C=O) groups is 3. The first-order valence-corrected chi connectivity index (χ1v) is 12.2. The zero-order chi connectivity index (χ0) is 26.6. The van der Waals surface area contributed by atoms with Crippen LogP contribution in [0.25, 0.3) is 5.69 Å². The minimum atomic E-state index is -0.805. The zero-order valence-corrected chi connectivity index (χ0v) is 21.0. The van der Waals surface area contributed by atoms with Crippen LogP contribution in [0.3, 0.4) is 0 Å². The fourth-order valence-electron chi connectivity index (χ4n) is 4.53. The molecule has 4 rings (SSSR count). The van der Waals surface area contributed by atoms with Crippen LogP contribution in [0.5, 0.6) is 0 Å². The average molecular weight is 507 g/mol. The monoisotopic (exact) mass is 506 g/mol. The predicted molar refractivity (Wildman–Crippen MR) is 138 cm³/mol. The van der Waals surface area contributed by atoms with Gasteiger partial charge in [0, 0.05) is 29.0 Å². The van der Waals surface area contributed by atoms with Gasteiger partial charge in [-0.1, -0.05) is 6.42 Å². The summed E-state index contributed by atoms with van der Waals surface area (Å²) in [6.45, 7) is 6.56. The second-order valence-corrected chi connectivity index (χ2v) is 9.86. The van der Waals surface area contributed by atoms with E-state index in [0.717, 1.165) is 25.9 Å². The average Bonchev–Trinajstić information content (AvgIpc) is 3.31. The highest BCUT2D eigenvalue weighted by Gasteiger charge is 2.30. The van der Waals surface area contributed by atoms with Gasteiger partial charge in [-0.2, -0.15) is 0 Å². The smallest absolute Gasteiger partial charge is 0.271 e. The van der Waals surface area contributed by atoms with Gasteiger partial charge in [0.15, 0.2) is 5.69 Å². The van der Waals surface area contributed by atoms with Gasteiger partial charge in [-0.3, -0.25) is 19.0 Å². The maximum absolute atomic E-state index is 13.4. The number of rotatable bonds is 8. The lowest BCUT2D eigenvalue weighted by atomic mass is 10.0. The Bertz CT molecular complexity index is 1280. The number of nitrogens with one attached hydrogen (secondary N) is 2. The number of amides is 3. The Labute approximate surface area is 214 Å². The van der Waals surface area contributed by atoms with Gasteiger partial charge in [0.2, 0.25) is 0 Å². The molecule has 1 aliphatic heterocycles. The Hall–Kier alpha value is -4.05. The largest absolute Gasteiger partial charge is 0.364 e. The van der Waals surface area contributed by atoms with Crippen molar-refractivity contribution in [1.82, 2.24) is 19.8 Å². The van der Waals surface area contributed by atoms with Crippen molar-refractivity contribution in [2.45, 2.75) is 38.6 Å². The molecule has 0 spiro atoms. The van der Waals surface area contributed by atoms with Crippen molar-refractivity contribution in [3.05, 3.63) is 77.6 Å². The number of hydrogen-bond acceptors (Lipinski definition) is 5. The van der Waals surface area contributed by atoms with E-state index in [0.29, 0.717) is 23.5 Å². The maximum atomic E-state index is 13.4. The van der Waals surface area contributed by atoms with Crippen LogP contribution in [0.1, 0.15) is 64.4 Å². The third-order valence-corrected chi connectivity index (χ3v) is 6.25. The van der Waals surface area contributed by atoms with Crippen molar-refractivity contribution < 1.29 is 18.8 Å². The van der Waals surface area contributed by atoms with E-state index < -0.39 is 23.2 Å². The van der Waals surface area contributed by atoms with Crippen molar-refractivity contribution >= 4 is 23.4 Å². The molecule has 0 unspecified atom stereocenters. The standard InChI is InChI=1S/C27H31FN6O3/c1-27(2,16-33-14-4-3-5-15-33)32-26(37)23-22(24(29)35)30-17-34(23)21-12-10-20(11-13-21)31-25(36)18-6-8-19(28)9-7-18/h6-13,17H,3-5,14-16H2,1-2H3,(H2,29,35)(H,31,36)(H,32,37). The molecule has 0 radical (unpaired) electrons. The number of nitrogens with zero attached hydrogens (tertiary/aromatic N) is 3. The molecule has 1 aromatic heterocycles. The van der Waals surface area contributed by atoms with E-state index in [1.165, 1.54) is 41.6 Å². The number of imidazole rings is 1. The van der Waals surface area contributed by atoms with Gasteiger partial charge in [-0.05, 0) is 88.3 Å². The lowest BCUT2D eigenvalue weighted by molar-refractivity contribution is 0.0861. The quantitative estimate of drug-likeness (QED) is 0.433. The third-order valence-electron chi connectivity index (χ3n) is 6.25. The van der Waals surface area contributed by atoms with Gasteiger partial charge in [0.1, 0.15) is 17.8 Å². The molecule has 0 bridgehead atoms. The first kappa shape index (κ1) is 26.0. The van der Waals surface area contributed by atoms with Gasteiger partial charge in [0.25, 0.3) is 17.7 Å². The van der Waals surface area contributed by atoms with E-state index in [-0.39, 0.29) is 17.3 Å². The van der Waals surface area contributed by atoms with E-state index in [4.69, 9.17) is 5.73 Å². The first-order chi connectivity index (χ1) is 17.6. The molecule has 2 aromatic carbocycles. The summed E-state index contributed by atoms with van der Waals surface area (Å²) in [6.07, 6.45) is 4.88. The molecule has 10 heteroatoms. The van der Waals surface area contributed by atoms with Crippen molar-refractivity contribution in [3.8, 4) is 5.69 Å². The highest BCUT2D eigenvalue weighted by atomic mass is 19.1. The van der Waals surface area contributed by atoms with Crippen LogP contribution in [-0.4, -0.2) is 57.3 Å². The van der Waals surface area contributed by atoms with E-state index in [9.17, 15) is 18.8 Å². The van der Waals surface area contributed by atoms with Crippen LogP contribution in [0.4, 0.5) is 10.1 Å². The Balaban J connectivity index is 1.52. The van der Waals surface area contributed by atoms with Crippen LogP contribution >= 0.6 is 0 Å². The molecule has 0 saturated carbocycles. The van der Waals surface area contributed by atoms with Gasteiger partial charge in [0.05, 0.1) is 0 Å². The number of likely N-dealkylation sites (tertiary alicyclic amines) is 1. The Morgan fingerprint density at radius 1 is 0.973 bits per heavy atom. The predicted octanol–water partition coefficient (Wildman–Crippen LogP) is 3.36. The Morgan fingerprint density at radius 2 is 1.62 bits per heavy atom. The van der Waals surface area contributed by atoms with Crippen molar-refractivity contribution in [3.63, 3.8) is 0 Å². The number of anilines is 1. The van der Waals surface area contributed by atoms with Crippen LogP contribution < -0.4 is 16.4 Å². The van der Waals surface area contributed by atoms with Crippen LogP contribution in [0, 0.1) is 5.82 Å². The van der Waals surface area contributed by atoms with Gasteiger partial charge >= 0.3 is 0 Å². The molecule has 1 aliphatic rings. The molecule has 1 saturated heterocycles. The topological polar surface area (TPSA) is 122 Å². The number of hydrogen-bond donors (Lipinski definition) is 3. The summed E-state index contributed by atoms with van der Waals surface area (Å²) in [4.78, 5) is 44.3. The Kier molecular flexibility index (Phi) is 7.68. The number of carbonyl (C=O) groups excluding carboxylic acids is 3. The second kappa shape index (κ2) is 10.9. The summed E-state index contributed by atoms with van der Waals surface area (Å²) >= 11 is 0. The molecule has 9 nitrogen and oxygen atoms in total. The molecule has 4 N–H and O–H groups in total. The van der Waals surface area contributed by atoms with E-state index in [1.807, 2.05) is 13.8 Å². The van der Waals surface area contributed by atoms with Gasteiger partial charge < -0.3 is 21.3 Å². The van der Waals surface area contributed by atoms with Crippen LogP contribution in [0.15, 0.2) is 54.9 Å². The van der Waals surface area contributed by atoms with Gasteiger partial charge in [-0.25, -0.2) is 9.37 Å². The highest BCUT2D eigenvalue weighted by molar-refractivity contribution is 6.05. The van der Waals surface area contributed by atoms with E-state index in [1.54, 1.807) is 24.3 Å². The van der Waals surface area contributed by atoms with Crippen LogP contribution in [-0.2, 0) is 0 Å². The lowest BCUT2D eigenvalue weighted by Gasteiger charge is -2.35. The molecule has 2 heterocycles. The summed E-state index contributed by atoms with van der Waals surface area (Å²) in [5.41, 5.74) is 6.27. The molecule has 37 heavy (non-hydrogen) atoms. The minimum absolute atomic E-state index is 0.0438. The number of aromatic nitrogens is 2. The fourth-order valence-corrected chi connectivity index (χ4v) is 4.53. The molecule has 0 aliphatic carbocycles. The normalized spacial score (nSPS) is 14.2. The molecular weight excluding hydrogens is 475 g/mol. The number of benzene rings is 2. The molecular formula is C27H31FN6O3. The van der Waals surface area contributed by atoms with Crippen molar-refractivity contribution in [2.24, 2.45) is 5.73 Å². The first-order valence-electron chi connectivity index (χ1n) is 12.2. The molecule has 3 aromatic rings. The Morgan fingerprint density at radius 3 is 2.24 bits per heavy atom. The highest BCUT2D eigenvalue weighted by Crippen LogP contribution is 2.20. The summed E-state index contributed by atoms with van der Waals surface area (Å²) in [6, 6.07) is 11.9. The third kappa shape index (κ3) is 6.39. The SMILES string of the molecule is CC(C)(CN1CCCCC1)NC(=O)c1c(C(N)=O)ncn1-c1ccc(NC(=O)c2ccc(F)cc2)cc1. The number of piperidine rings is 1. The number of primary amides is 1. The fraction of sp³-hybridized carbons (Fsp3) is 0.333. The number of halogens is 1. The molecule has 1 fully saturated rings. The summed E-state index contributed by atoms with van der Waals surface area (Å²) in [5.74, 6) is -2.07. The van der Waals surface area contributed by atoms with E-state index in [2.05, 4.69) is 20.5 Å². The molecule has 194 valence electrons. The summed E-state index contributed by atoms with van der Waals surface area (Å²) < 4.78 is 14.6. The minimum Gasteiger partial charge on any atom is -0.364 e. The lowest BCUT2D eigenvalue weighted by Crippen LogP contribution is -2.52. The van der Waals surface area contributed by atoms with Crippen LogP contribution in [0.2, 0.25) is 0 Å². The van der Waals surface area contributed by atoms with E-state index >= 15 is 0 Å². The van der Waals surface area contributed by atoms with Crippen molar-refractivity contribution in [2.75, 3.05) is 25.0 Å². The maximum Gasteiger partial charge on any atom is 0.271 e. The second-order valence-electron chi connectivity index (χ2n) is 9.86. The summed E-state index contributed by atoms with van der Waals surface area (Å²) in [5, 5.41) is 5.78. The molecule has 3 amide bonds. The molecule has 0 atom stereocenters. The van der Waals surface area contributed by atoms with Crippen molar-refractivity contribution in [1.29, 1.82) is 0 Å². The zero-order valence-electron chi connectivity index (χ0n) is 21.0. The number of nitrogens with two attached hydrogens (primary N) is 1.